The average Bonchev–Trinajstić information content (AvgIpc) is 3.35. The zero-order valence-electron chi connectivity index (χ0n) is 25.0. The number of ether oxygens (including phenoxy) is 1. The van der Waals surface area contributed by atoms with E-state index in [0.29, 0.717) is 5.76 Å². The van der Waals surface area contributed by atoms with Crippen LogP contribution in [-0.2, 0) is 30.3 Å². The largest absolute Gasteiger partial charge is 0.463 e. The molecule has 2 rings (SSSR count). The maximum absolute atomic E-state index is 13.6. The molecule has 42 heavy (non-hydrogen) atoms. The summed E-state index contributed by atoms with van der Waals surface area (Å²) in [6.07, 6.45) is 2.80. The Hall–Kier alpha value is -4.48. The molecule has 12 nitrogen and oxygen atoms in total. The van der Waals surface area contributed by atoms with Crippen LogP contribution in [0.4, 0.5) is 0 Å². The van der Waals surface area contributed by atoms with Crippen LogP contribution in [0.2, 0.25) is 0 Å². The van der Waals surface area contributed by atoms with Gasteiger partial charge >= 0.3 is 5.97 Å². The summed E-state index contributed by atoms with van der Waals surface area (Å²) in [5.41, 5.74) is 6.39. The van der Waals surface area contributed by atoms with Gasteiger partial charge in [0.2, 0.25) is 17.7 Å². The molecule has 4 amide bonds. The predicted molar refractivity (Wildman–Crippen MR) is 155 cm³/mol. The molecular formula is C30H41N5O7. The van der Waals surface area contributed by atoms with Crippen molar-refractivity contribution in [1.82, 2.24) is 21.1 Å². The Kier molecular flexibility index (Phi) is 12.4. The van der Waals surface area contributed by atoms with Gasteiger partial charge < -0.3 is 30.9 Å². The highest BCUT2D eigenvalue weighted by Crippen LogP contribution is 2.21. The third kappa shape index (κ3) is 11.2. The molecule has 0 spiro atoms. The first-order valence-electron chi connectivity index (χ1n) is 13.7. The fraction of sp³-hybridized carbons (Fsp3) is 0.467. The third-order valence-electron chi connectivity index (χ3n) is 6.24. The molecule has 0 aliphatic rings. The molecule has 3 atom stereocenters. The SMILES string of the molecule is CCOC(=O)C=C[C@H](CCC(N)=O)NC(=O)[C@H](Cc1ccc(C)cc1)NC(=O)[C@@H](NC(=O)c1cc(C)on1)C(C)(C)C. The van der Waals surface area contributed by atoms with Crippen LogP contribution in [0.1, 0.15) is 67.9 Å². The molecule has 1 aromatic carbocycles. The van der Waals surface area contributed by atoms with Crippen molar-refractivity contribution in [2.75, 3.05) is 6.61 Å². The van der Waals surface area contributed by atoms with Crippen LogP contribution < -0.4 is 21.7 Å². The summed E-state index contributed by atoms with van der Waals surface area (Å²) < 4.78 is 9.88. The van der Waals surface area contributed by atoms with E-state index in [1.54, 1.807) is 34.6 Å². The lowest BCUT2D eigenvalue weighted by Crippen LogP contribution is -2.58. The predicted octanol–water partition coefficient (Wildman–Crippen LogP) is 2.03. The van der Waals surface area contributed by atoms with E-state index in [2.05, 4.69) is 21.1 Å². The number of aryl methyl sites for hydroxylation is 2. The van der Waals surface area contributed by atoms with Gasteiger partial charge in [0, 0.05) is 31.0 Å². The quantitative estimate of drug-likeness (QED) is 0.192. The lowest BCUT2D eigenvalue weighted by molar-refractivity contribution is -0.137. The van der Waals surface area contributed by atoms with E-state index in [1.165, 1.54) is 18.2 Å². The van der Waals surface area contributed by atoms with Crippen LogP contribution in [0.5, 0.6) is 0 Å². The van der Waals surface area contributed by atoms with E-state index in [0.717, 1.165) is 11.1 Å². The normalized spacial score (nSPS) is 13.6. The molecule has 12 heteroatoms. The Morgan fingerprint density at radius 1 is 1.02 bits per heavy atom. The molecule has 1 heterocycles. The van der Waals surface area contributed by atoms with E-state index in [-0.39, 0.29) is 31.6 Å². The number of primary amides is 1. The van der Waals surface area contributed by atoms with Gasteiger partial charge in [-0.2, -0.15) is 0 Å². The molecule has 0 radical (unpaired) electrons. The van der Waals surface area contributed by atoms with E-state index in [4.69, 9.17) is 15.0 Å². The number of nitrogens with one attached hydrogen (secondary N) is 3. The third-order valence-corrected chi connectivity index (χ3v) is 6.24. The van der Waals surface area contributed by atoms with Gasteiger partial charge in [-0.25, -0.2) is 4.79 Å². The second-order valence-electron chi connectivity index (χ2n) is 11.1. The van der Waals surface area contributed by atoms with E-state index < -0.39 is 53.1 Å². The lowest BCUT2D eigenvalue weighted by atomic mass is 9.85. The lowest BCUT2D eigenvalue weighted by Gasteiger charge is -2.32. The summed E-state index contributed by atoms with van der Waals surface area (Å²) in [5.74, 6) is -2.48. The Morgan fingerprint density at radius 2 is 1.69 bits per heavy atom. The van der Waals surface area contributed by atoms with E-state index in [1.807, 2.05) is 31.2 Å². The van der Waals surface area contributed by atoms with Crippen LogP contribution in [0.15, 0.2) is 47.0 Å². The number of nitrogens with two attached hydrogens (primary N) is 1. The molecule has 0 aliphatic heterocycles. The minimum atomic E-state index is -1.07. The topological polar surface area (TPSA) is 183 Å². The van der Waals surface area contributed by atoms with Gasteiger partial charge in [0.05, 0.1) is 6.61 Å². The van der Waals surface area contributed by atoms with E-state index in [9.17, 15) is 24.0 Å². The number of amides is 4. The molecule has 1 aromatic heterocycles. The molecule has 0 fully saturated rings. The molecule has 0 saturated carbocycles. The summed E-state index contributed by atoms with van der Waals surface area (Å²) in [7, 11) is 0. The number of carbonyl (C=O) groups excluding carboxylic acids is 5. The van der Waals surface area contributed by atoms with Crippen molar-refractivity contribution in [1.29, 1.82) is 0 Å². The summed E-state index contributed by atoms with van der Waals surface area (Å²) in [6.45, 7) is 10.7. The number of hydrogen-bond acceptors (Lipinski definition) is 8. The van der Waals surface area contributed by atoms with Crippen molar-refractivity contribution in [3.8, 4) is 0 Å². The van der Waals surface area contributed by atoms with Crippen LogP contribution >= 0.6 is 0 Å². The van der Waals surface area contributed by atoms with Gasteiger partial charge in [-0.1, -0.05) is 61.8 Å². The van der Waals surface area contributed by atoms with Gasteiger partial charge in [0.1, 0.15) is 17.8 Å². The standard InChI is InChI=1S/C30H41N5O7/c1-7-41-25(37)15-13-21(12-14-24(31)36)32-27(38)22(17-20-10-8-18(2)9-11-20)33-29(40)26(30(4,5)6)34-28(39)23-16-19(3)42-35-23/h8-11,13,15-16,21-22,26H,7,12,14,17H2,1-6H3,(H2,31,36)(H,32,38)(H,33,40)(H,34,39)/t21-,22-,26+/m0/s1. The molecule has 2 aromatic rings. The molecule has 0 saturated heterocycles. The number of benzene rings is 1. The number of carbonyl (C=O) groups is 5. The summed E-state index contributed by atoms with van der Waals surface area (Å²) in [4.78, 5) is 63.3. The molecule has 0 unspecified atom stereocenters. The first-order valence-corrected chi connectivity index (χ1v) is 13.7. The zero-order valence-corrected chi connectivity index (χ0v) is 25.0. The highest BCUT2D eigenvalue weighted by Gasteiger charge is 2.36. The fourth-order valence-electron chi connectivity index (χ4n) is 3.96. The number of hydrogen-bond donors (Lipinski definition) is 4. The maximum atomic E-state index is 13.6. The van der Waals surface area contributed by atoms with Crippen molar-refractivity contribution in [2.45, 2.75) is 78.9 Å². The second kappa shape index (κ2) is 15.5. The van der Waals surface area contributed by atoms with Gasteiger partial charge in [0.15, 0.2) is 5.69 Å². The fourth-order valence-corrected chi connectivity index (χ4v) is 3.96. The summed E-state index contributed by atoms with van der Waals surface area (Å²) in [6, 6.07) is 6.08. The van der Waals surface area contributed by atoms with Crippen LogP contribution in [-0.4, -0.2) is 59.5 Å². The van der Waals surface area contributed by atoms with Crippen molar-refractivity contribution in [2.24, 2.45) is 11.1 Å². The average molecular weight is 584 g/mol. The molecular weight excluding hydrogens is 542 g/mol. The minimum absolute atomic E-state index is 0.0224. The number of nitrogens with zero attached hydrogens (tertiary/aromatic N) is 1. The summed E-state index contributed by atoms with van der Waals surface area (Å²) >= 11 is 0. The minimum Gasteiger partial charge on any atom is -0.463 e. The van der Waals surface area contributed by atoms with Crippen molar-refractivity contribution >= 4 is 29.6 Å². The van der Waals surface area contributed by atoms with Crippen LogP contribution in [0.25, 0.3) is 0 Å². The first kappa shape index (κ1) is 33.7. The van der Waals surface area contributed by atoms with Crippen LogP contribution in [0.3, 0.4) is 0 Å². The Labute approximate surface area is 245 Å². The number of esters is 1. The van der Waals surface area contributed by atoms with Crippen molar-refractivity contribution in [3.05, 3.63) is 65.1 Å². The number of rotatable bonds is 14. The second-order valence-corrected chi connectivity index (χ2v) is 11.1. The van der Waals surface area contributed by atoms with E-state index >= 15 is 0 Å². The maximum Gasteiger partial charge on any atom is 0.330 e. The smallest absolute Gasteiger partial charge is 0.330 e. The molecule has 228 valence electrons. The molecule has 5 N–H and O–H groups in total. The van der Waals surface area contributed by atoms with Crippen molar-refractivity contribution in [3.63, 3.8) is 0 Å². The highest BCUT2D eigenvalue weighted by atomic mass is 16.5. The molecule has 0 aliphatic carbocycles. The van der Waals surface area contributed by atoms with Gasteiger partial charge in [-0.05, 0) is 38.2 Å². The zero-order chi connectivity index (χ0) is 31.4. The molecule has 0 bridgehead atoms. The van der Waals surface area contributed by atoms with Crippen molar-refractivity contribution < 1.29 is 33.2 Å². The van der Waals surface area contributed by atoms with Gasteiger partial charge in [-0.15, -0.1) is 0 Å². The monoisotopic (exact) mass is 583 g/mol. The highest BCUT2D eigenvalue weighted by molar-refractivity contribution is 5.97. The Balaban J connectivity index is 2.33. The number of aromatic nitrogens is 1. The first-order chi connectivity index (χ1) is 19.7. The van der Waals surface area contributed by atoms with Gasteiger partial charge in [0.25, 0.3) is 5.91 Å². The Morgan fingerprint density at radius 3 is 2.24 bits per heavy atom. The Bertz CT molecular complexity index is 1280. The van der Waals surface area contributed by atoms with Gasteiger partial charge in [-0.3, -0.25) is 19.2 Å². The summed E-state index contributed by atoms with van der Waals surface area (Å²) in [5, 5.41) is 12.0. The van der Waals surface area contributed by atoms with Crippen LogP contribution in [0, 0.1) is 19.3 Å².